The number of carbonyl (C=O) groups is 1. The van der Waals surface area contributed by atoms with Gasteiger partial charge < -0.3 is 15.1 Å². The molecule has 2 rings (SSSR count). The Kier molecular flexibility index (Phi) is 4.30. The van der Waals surface area contributed by atoms with Crippen molar-refractivity contribution in [2.24, 2.45) is 0 Å². The molecule has 4 nitrogen and oxygen atoms in total. The van der Waals surface area contributed by atoms with Gasteiger partial charge in [0, 0.05) is 38.9 Å². The van der Waals surface area contributed by atoms with Crippen molar-refractivity contribution in [3.63, 3.8) is 0 Å². The van der Waals surface area contributed by atoms with Gasteiger partial charge in [0.1, 0.15) is 0 Å². The first kappa shape index (κ1) is 13.7. The van der Waals surface area contributed by atoms with Crippen molar-refractivity contribution in [1.82, 2.24) is 10.2 Å². The topological polar surface area (TPSA) is 35.6 Å². The van der Waals surface area contributed by atoms with Crippen LogP contribution in [-0.2, 0) is 0 Å². The molecule has 2 amide bonds. The van der Waals surface area contributed by atoms with Gasteiger partial charge in [0.15, 0.2) is 0 Å². The van der Waals surface area contributed by atoms with Crippen LogP contribution in [0, 0.1) is 0 Å². The fourth-order valence-electron chi connectivity index (χ4n) is 2.40. The molecule has 104 valence electrons. The standard InChI is InChI=1S/C15H23N3O/c1-12(2)13-4-6-14(7-5-13)17-8-10-18(11-9-17)15(19)16-3/h4-7,12H,8-11H2,1-3H3,(H,16,19). The molecular weight excluding hydrogens is 238 g/mol. The second kappa shape index (κ2) is 5.95. The molecule has 1 N–H and O–H groups in total. The summed E-state index contributed by atoms with van der Waals surface area (Å²) in [6, 6.07) is 8.79. The van der Waals surface area contributed by atoms with Gasteiger partial charge in [-0.15, -0.1) is 0 Å². The molecule has 1 fully saturated rings. The molecule has 0 spiro atoms. The van der Waals surface area contributed by atoms with E-state index in [0.29, 0.717) is 5.92 Å². The zero-order valence-corrected chi connectivity index (χ0v) is 12.0. The molecule has 0 unspecified atom stereocenters. The predicted octanol–water partition coefficient (Wildman–Crippen LogP) is 2.27. The van der Waals surface area contributed by atoms with Crippen molar-refractivity contribution >= 4 is 11.7 Å². The van der Waals surface area contributed by atoms with E-state index in [9.17, 15) is 4.79 Å². The molecule has 0 bridgehead atoms. The predicted molar refractivity (Wildman–Crippen MR) is 78.8 cm³/mol. The third-order valence-corrected chi connectivity index (χ3v) is 3.71. The van der Waals surface area contributed by atoms with Crippen LogP contribution in [-0.4, -0.2) is 44.2 Å². The van der Waals surface area contributed by atoms with Gasteiger partial charge >= 0.3 is 6.03 Å². The van der Waals surface area contributed by atoms with Crippen LogP contribution in [0.25, 0.3) is 0 Å². The second-order valence-electron chi connectivity index (χ2n) is 5.28. The van der Waals surface area contributed by atoms with E-state index in [1.165, 1.54) is 11.3 Å². The van der Waals surface area contributed by atoms with Crippen molar-refractivity contribution in [3.05, 3.63) is 29.8 Å². The van der Waals surface area contributed by atoms with E-state index in [2.05, 4.69) is 48.3 Å². The largest absolute Gasteiger partial charge is 0.368 e. The van der Waals surface area contributed by atoms with Crippen LogP contribution in [0.4, 0.5) is 10.5 Å². The molecule has 19 heavy (non-hydrogen) atoms. The number of urea groups is 1. The normalized spacial score (nSPS) is 15.8. The van der Waals surface area contributed by atoms with Gasteiger partial charge in [0.05, 0.1) is 0 Å². The van der Waals surface area contributed by atoms with Gasteiger partial charge in [-0.05, 0) is 23.6 Å². The molecule has 0 atom stereocenters. The van der Waals surface area contributed by atoms with Crippen LogP contribution in [0.2, 0.25) is 0 Å². The number of benzene rings is 1. The summed E-state index contributed by atoms with van der Waals surface area (Å²) in [5.41, 5.74) is 2.62. The van der Waals surface area contributed by atoms with E-state index in [1.807, 2.05) is 4.90 Å². The summed E-state index contributed by atoms with van der Waals surface area (Å²) in [7, 11) is 1.68. The molecule has 1 saturated heterocycles. The molecule has 0 radical (unpaired) electrons. The Morgan fingerprint density at radius 3 is 2.16 bits per heavy atom. The lowest BCUT2D eigenvalue weighted by molar-refractivity contribution is 0.196. The summed E-state index contributed by atoms with van der Waals surface area (Å²) in [6.07, 6.45) is 0. The maximum absolute atomic E-state index is 11.5. The van der Waals surface area contributed by atoms with Gasteiger partial charge in [-0.3, -0.25) is 0 Å². The first-order valence-electron chi connectivity index (χ1n) is 6.93. The monoisotopic (exact) mass is 261 g/mol. The Morgan fingerprint density at radius 2 is 1.68 bits per heavy atom. The third-order valence-electron chi connectivity index (χ3n) is 3.71. The number of anilines is 1. The lowest BCUT2D eigenvalue weighted by atomic mass is 10.0. The Morgan fingerprint density at radius 1 is 1.11 bits per heavy atom. The lowest BCUT2D eigenvalue weighted by Gasteiger charge is -2.35. The summed E-state index contributed by atoms with van der Waals surface area (Å²) < 4.78 is 0. The molecule has 1 aromatic rings. The molecule has 0 saturated carbocycles. The van der Waals surface area contributed by atoms with Crippen molar-refractivity contribution < 1.29 is 4.79 Å². The SMILES string of the molecule is CNC(=O)N1CCN(c2ccc(C(C)C)cc2)CC1. The molecule has 0 aliphatic carbocycles. The highest BCUT2D eigenvalue weighted by Crippen LogP contribution is 2.21. The van der Waals surface area contributed by atoms with E-state index < -0.39 is 0 Å². The second-order valence-corrected chi connectivity index (χ2v) is 5.28. The maximum Gasteiger partial charge on any atom is 0.317 e. The molecule has 1 aliphatic rings. The minimum atomic E-state index is 0.0230. The number of nitrogens with one attached hydrogen (secondary N) is 1. The number of hydrogen-bond donors (Lipinski definition) is 1. The average Bonchev–Trinajstić information content (AvgIpc) is 2.46. The summed E-state index contributed by atoms with van der Waals surface area (Å²) in [6.45, 7) is 7.77. The number of nitrogens with zero attached hydrogens (tertiary/aromatic N) is 2. The third kappa shape index (κ3) is 3.19. The Hall–Kier alpha value is -1.71. The van der Waals surface area contributed by atoms with Gasteiger partial charge in [-0.2, -0.15) is 0 Å². The first-order valence-corrected chi connectivity index (χ1v) is 6.93. The molecule has 4 heteroatoms. The molecule has 0 aromatic heterocycles. The Bertz CT molecular complexity index is 420. The van der Waals surface area contributed by atoms with Crippen LogP contribution in [0.1, 0.15) is 25.3 Å². The number of piperazine rings is 1. The quantitative estimate of drug-likeness (QED) is 0.886. The Balaban J connectivity index is 1.96. The highest BCUT2D eigenvalue weighted by atomic mass is 16.2. The number of rotatable bonds is 2. The van der Waals surface area contributed by atoms with Crippen molar-refractivity contribution in [1.29, 1.82) is 0 Å². The fraction of sp³-hybridized carbons (Fsp3) is 0.533. The van der Waals surface area contributed by atoms with Gasteiger partial charge in [-0.25, -0.2) is 4.79 Å². The number of amides is 2. The van der Waals surface area contributed by atoms with E-state index in [4.69, 9.17) is 0 Å². The molecule has 1 aliphatic heterocycles. The minimum Gasteiger partial charge on any atom is -0.368 e. The minimum absolute atomic E-state index is 0.0230. The Labute approximate surface area is 115 Å². The molecule has 1 aromatic carbocycles. The smallest absolute Gasteiger partial charge is 0.317 e. The first-order chi connectivity index (χ1) is 9.11. The van der Waals surface area contributed by atoms with Crippen molar-refractivity contribution in [2.75, 3.05) is 38.1 Å². The van der Waals surface area contributed by atoms with E-state index in [-0.39, 0.29) is 6.03 Å². The highest BCUT2D eigenvalue weighted by Gasteiger charge is 2.20. The van der Waals surface area contributed by atoms with Gasteiger partial charge in [0.2, 0.25) is 0 Å². The summed E-state index contributed by atoms with van der Waals surface area (Å²) in [5.74, 6) is 0.569. The highest BCUT2D eigenvalue weighted by molar-refractivity contribution is 5.74. The van der Waals surface area contributed by atoms with Crippen LogP contribution in [0.5, 0.6) is 0 Å². The van der Waals surface area contributed by atoms with Crippen LogP contribution < -0.4 is 10.2 Å². The van der Waals surface area contributed by atoms with Crippen LogP contribution in [0.15, 0.2) is 24.3 Å². The summed E-state index contributed by atoms with van der Waals surface area (Å²) in [4.78, 5) is 15.7. The lowest BCUT2D eigenvalue weighted by Crippen LogP contribution is -2.51. The zero-order chi connectivity index (χ0) is 13.8. The van der Waals surface area contributed by atoms with Crippen LogP contribution in [0.3, 0.4) is 0 Å². The van der Waals surface area contributed by atoms with E-state index >= 15 is 0 Å². The molecule has 1 heterocycles. The van der Waals surface area contributed by atoms with E-state index in [0.717, 1.165) is 26.2 Å². The zero-order valence-electron chi connectivity index (χ0n) is 12.0. The number of carbonyl (C=O) groups excluding carboxylic acids is 1. The maximum atomic E-state index is 11.5. The van der Waals surface area contributed by atoms with Crippen molar-refractivity contribution in [2.45, 2.75) is 19.8 Å². The fourth-order valence-corrected chi connectivity index (χ4v) is 2.40. The van der Waals surface area contributed by atoms with Crippen molar-refractivity contribution in [3.8, 4) is 0 Å². The average molecular weight is 261 g/mol. The summed E-state index contributed by atoms with van der Waals surface area (Å²) in [5, 5.41) is 2.68. The van der Waals surface area contributed by atoms with Crippen LogP contribution >= 0.6 is 0 Å². The van der Waals surface area contributed by atoms with Gasteiger partial charge in [-0.1, -0.05) is 26.0 Å². The van der Waals surface area contributed by atoms with Gasteiger partial charge in [0.25, 0.3) is 0 Å². The summed E-state index contributed by atoms with van der Waals surface area (Å²) >= 11 is 0. The van der Waals surface area contributed by atoms with E-state index in [1.54, 1.807) is 7.05 Å². The molecular formula is C15H23N3O. The number of hydrogen-bond acceptors (Lipinski definition) is 2.